The number of fused-ring (bicyclic) bond motifs is 10. The summed E-state index contributed by atoms with van der Waals surface area (Å²) in [4.78, 5) is 0. The van der Waals surface area contributed by atoms with Crippen LogP contribution in [0.4, 0.5) is 0 Å². The maximum absolute atomic E-state index is 6.56. The van der Waals surface area contributed by atoms with Gasteiger partial charge in [0.05, 0.1) is 0 Å². The number of hydrogen-bond acceptors (Lipinski definition) is 2. The topological polar surface area (TPSA) is 18.5 Å². The Hall–Kier alpha value is -4.56. The molecule has 1 aliphatic heterocycles. The smallest absolute Gasteiger partial charge is 0.127 e. The fourth-order valence-electron chi connectivity index (χ4n) is 5.41. The highest BCUT2D eigenvalue weighted by Gasteiger charge is 2.20. The first-order valence-corrected chi connectivity index (χ1v) is 12.3. The first kappa shape index (κ1) is 20.8. The number of hydrogen-bond donors (Lipinski definition) is 0. The van der Waals surface area contributed by atoms with Crippen LogP contribution in [0.15, 0.2) is 121 Å². The van der Waals surface area contributed by atoms with Crippen molar-refractivity contribution in [3.05, 3.63) is 132 Å². The summed E-state index contributed by atoms with van der Waals surface area (Å²) >= 11 is 0. The van der Waals surface area contributed by atoms with Gasteiger partial charge in [-0.1, -0.05) is 109 Å². The second-order valence-corrected chi connectivity index (χ2v) is 9.21. The van der Waals surface area contributed by atoms with E-state index in [4.69, 9.17) is 9.47 Å². The molecule has 2 nitrogen and oxygen atoms in total. The van der Waals surface area contributed by atoms with E-state index in [1.54, 1.807) is 0 Å². The molecule has 6 aromatic rings. The van der Waals surface area contributed by atoms with Crippen molar-refractivity contribution in [1.82, 2.24) is 0 Å². The van der Waals surface area contributed by atoms with Gasteiger partial charge in [0, 0.05) is 11.1 Å². The minimum atomic E-state index is 0.475. The summed E-state index contributed by atoms with van der Waals surface area (Å²) in [5.74, 6) is 1.71. The fraction of sp³-hybridized carbons (Fsp3) is 0.0588. The second kappa shape index (κ2) is 8.58. The predicted molar refractivity (Wildman–Crippen MR) is 147 cm³/mol. The van der Waals surface area contributed by atoms with Crippen LogP contribution in [-0.2, 0) is 13.2 Å². The molecular formula is C34H24O2. The lowest BCUT2D eigenvalue weighted by atomic mass is 9.87. The first-order valence-electron chi connectivity index (χ1n) is 12.3. The molecule has 2 heteroatoms. The molecule has 0 amide bonds. The highest BCUT2D eigenvalue weighted by molar-refractivity contribution is 6.07. The van der Waals surface area contributed by atoms with Crippen molar-refractivity contribution in [2.75, 3.05) is 0 Å². The Morgan fingerprint density at radius 3 is 1.31 bits per heavy atom. The standard InChI is InChI=1S/C34H24O2/c1-3-11-27-23(9-1)17-19-25-21-35-31-15-7-5-13-29(31)30-14-6-8-16-32(30)36-22-26-20-18-24-10-2-4-12-28(24)34(26)33(25)27/h1-20H,21-22H2. The van der Waals surface area contributed by atoms with Crippen molar-refractivity contribution in [2.24, 2.45) is 0 Å². The second-order valence-electron chi connectivity index (χ2n) is 9.21. The molecule has 1 aliphatic rings. The molecule has 0 aliphatic carbocycles. The summed E-state index contributed by atoms with van der Waals surface area (Å²) in [6.45, 7) is 0.950. The lowest BCUT2D eigenvalue weighted by Crippen LogP contribution is -2.05. The zero-order chi connectivity index (χ0) is 23.9. The van der Waals surface area contributed by atoms with Crippen molar-refractivity contribution < 1.29 is 9.47 Å². The van der Waals surface area contributed by atoms with Gasteiger partial charge in [-0.2, -0.15) is 0 Å². The van der Waals surface area contributed by atoms with Crippen LogP contribution in [0.3, 0.4) is 0 Å². The first-order chi connectivity index (χ1) is 17.9. The Kier molecular flexibility index (Phi) is 4.96. The van der Waals surface area contributed by atoms with E-state index in [0.717, 1.165) is 33.8 Å². The van der Waals surface area contributed by atoms with Crippen molar-refractivity contribution in [3.63, 3.8) is 0 Å². The van der Waals surface area contributed by atoms with Crippen molar-refractivity contribution >= 4 is 21.5 Å². The molecule has 0 saturated heterocycles. The monoisotopic (exact) mass is 464 g/mol. The highest BCUT2D eigenvalue weighted by atomic mass is 16.5. The van der Waals surface area contributed by atoms with Gasteiger partial charge >= 0.3 is 0 Å². The molecular weight excluding hydrogens is 440 g/mol. The normalized spacial score (nSPS) is 12.7. The summed E-state index contributed by atoms with van der Waals surface area (Å²) < 4.78 is 13.1. The van der Waals surface area contributed by atoms with E-state index in [0.29, 0.717) is 13.2 Å². The van der Waals surface area contributed by atoms with E-state index in [1.807, 2.05) is 36.4 Å². The zero-order valence-corrected chi connectivity index (χ0v) is 19.8. The van der Waals surface area contributed by atoms with Crippen LogP contribution in [0.2, 0.25) is 0 Å². The van der Waals surface area contributed by atoms with E-state index in [2.05, 4.69) is 84.9 Å². The Balaban J connectivity index is 1.55. The van der Waals surface area contributed by atoms with Gasteiger partial charge in [-0.15, -0.1) is 0 Å². The summed E-state index contributed by atoms with van der Waals surface area (Å²) in [5, 5.41) is 4.88. The largest absolute Gasteiger partial charge is 0.488 e. The Morgan fingerprint density at radius 1 is 0.389 bits per heavy atom. The van der Waals surface area contributed by atoms with Crippen molar-refractivity contribution in [1.29, 1.82) is 0 Å². The zero-order valence-electron chi connectivity index (χ0n) is 19.8. The van der Waals surface area contributed by atoms with Crippen molar-refractivity contribution in [2.45, 2.75) is 13.2 Å². The Labute approximate surface area is 210 Å². The van der Waals surface area contributed by atoms with E-state index in [1.165, 1.54) is 32.7 Å². The maximum atomic E-state index is 6.56. The van der Waals surface area contributed by atoms with Crippen LogP contribution < -0.4 is 9.47 Å². The minimum absolute atomic E-state index is 0.475. The molecule has 0 unspecified atom stereocenters. The number of benzene rings is 6. The van der Waals surface area contributed by atoms with Gasteiger partial charge in [-0.05, 0) is 55.9 Å². The molecule has 36 heavy (non-hydrogen) atoms. The van der Waals surface area contributed by atoms with Gasteiger partial charge in [-0.3, -0.25) is 0 Å². The Bertz CT molecular complexity index is 1620. The summed E-state index contributed by atoms with van der Waals surface area (Å²) in [6, 6.07) is 42.5. The third kappa shape index (κ3) is 3.42. The number of rotatable bonds is 0. The van der Waals surface area contributed by atoms with Crippen LogP contribution in [0.1, 0.15) is 11.1 Å². The quantitative estimate of drug-likeness (QED) is 0.224. The third-order valence-corrected chi connectivity index (χ3v) is 7.11. The van der Waals surface area contributed by atoms with Crippen LogP contribution >= 0.6 is 0 Å². The molecule has 1 heterocycles. The molecule has 0 aromatic heterocycles. The van der Waals surface area contributed by atoms with Crippen LogP contribution in [0.5, 0.6) is 11.5 Å². The minimum Gasteiger partial charge on any atom is -0.488 e. The van der Waals surface area contributed by atoms with Gasteiger partial charge in [0.1, 0.15) is 24.7 Å². The van der Waals surface area contributed by atoms with E-state index in [9.17, 15) is 0 Å². The molecule has 0 atom stereocenters. The summed E-state index contributed by atoms with van der Waals surface area (Å²) in [6.07, 6.45) is 0. The molecule has 0 radical (unpaired) electrons. The van der Waals surface area contributed by atoms with Crippen molar-refractivity contribution in [3.8, 4) is 33.8 Å². The molecule has 0 N–H and O–H groups in total. The highest BCUT2D eigenvalue weighted by Crippen LogP contribution is 2.42. The third-order valence-electron chi connectivity index (χ3n) is 7.11. The van der Waals surface area contributed by atoms with Crippen LogP contribution in [0, 0.1) is 0 Å². The molecule has 0 fully saturated rings. The molecule has 0 bridgehead atoms. The fourth-order valence-corrected chi connectivity index (χ4v) is 5.41. The average molecular weight is 465 g/mol. The average Bonchev–Trinajstić information content (AvgIpc) is 2.94. The van der Waals surface area contributed by atoms with Gasteiger partial charge in [0.25, 0.3) is 0 Å². The molecule has 0 saturated carbocycles. The van der Waals surface area contributed by atoms with Crippen LogP contribution in [0.25, 0.3) is 43.8 Å². The van der Waals surface area contributed by atoms with Crippen LogP contribution in [-0.4, -0.2) is 0 Å². The number of ether oxygens (including phenoxy) is 2. The predicted octanol–water partition coefficient (Wildman–Crippen LogP) is 8.80. The molecule has 6 aromatic carbocycles. The molecule has 0 spiro atoms. The lowest BCUT2D eigenvalue weighted by molar-refractivity contribution is 0.302. The van der Waals surface area contributed by atoms with Gasteiger partial charge in [-0.25, -0.2) is 0 Å². The van der Waals surface area contributed by atoms with E-state index in [-0.39, 0.29) is 0 Å². The van der Waals surface area contributed by atoms with Gasteiger partial charge in [0.15, 0.2) is 0 Å². The number of para-hydroxylation sites is 2. The van der Waals surface area contributed by atoms with Gasteiger partial charge in [0.2, 0.25) is 0 Å². The Morgan fingerprint density at radius 2 is 0.806 bits per heavy atom. The molecule has 172 valence electrons. The van der Waals surface area contributed by atoms with E-state index < -0.39 is 0 Å². The SMILES string of the molecule is c1ccc2c(c1)OCc1ccc3ccccc3c1-c1c(ccc3ccccc13)COc1ccccc1-2. The van der Waals surface area contributed by atoms with E-state index >= 15 is 0 Å². The van der Waals surface area contributed by atoms with Gasteiger partial charge < -0.3 is 9.47 Å². The summed E-state index contributed by atoms with van der Waals surface area (Å²) in [5.41, 5.74) is 6.83. The maximum Gasteiger partial charge on any atom is 0.127 e. The summed E-state index contributed by atoms with van der Waals surface area (Å²) in [7, 11) is 0. The molecule has 7 rings (SSSR count). The lowest BCUT2D eigenvalue weighted by Gasteiger charge is -2.22.